The highest BCUT2D eigenvalue weighted by Gasteiger charge is 2.31. The van der Waals surface area contributed by atoms with Crippen LogP contribution in [0.3, 0.4) is 0 Å². The lowest BCUT2D eigenvalue weighted by Crippen LogP contribution is -2.16. The van der Waals surface area contributed by atoms with Crippen LogP contribution >= 0.6 is 0 Å². The SMILES string of the molecule is C=C(C)C(=O)OCCCCCCOc1ccc(C(=O)Oc2c(F)c(F)c(OC(=O)c3ccc(OCCCOC(=O)C(=C)C)cc3)c(F)c2F)cc1. The molecule has 0 atom stereocenters. The Labute approximate surface area is 291 Å². The first-order valence-corrected chi connectivity index (χ1v) is 15.7. The molecule has 0 bridgehead atoms. The van der Waals surface area contributed by atoms with Crippen LogP contribution in [0.15, 0.2) is 72.8 Å². The van der Waals surface area contributed by atoms with Crippen molar-refractivity contribution in [2.75, 3.05) is 26.4 Å². The van der Waals surface area contributed by atoms with Gasteiger partial charge < -0.3 is 28.4 Å². The molecular formula is C37H36F4O10. The molecule has 3 rings (SSSR count). The fraction of sp³-hybridized carbons (Fsp3) is 0.297. The van der Waals surface area contributed by atoms with E-state index < -0.39 is 58.6 Å². The highest BCUT2D eigenvalue weighted by molar-refractivity contribution is 5.92. The van der Waals surface area contributed by atoms with Crippen molar-refractivity contribution in [2.24, 2.45) is 0 Å². The van der Waals surface area contributed by atoms with Crippen molar-refractivity contribution in [3.63, 3.8) is 0 Å². The zero-order valence-electron chi connectivity index (χ0n) is 28.0. The molecule has 0 aromatic heterocycles. The van der Waals surface area contributed by atoms with Crippen LogP contribution in [-0.4, -0.2) is 50.3 Å². The number of benzene rings is 3. The van der Waals surface area contributed by atoms with Crippen molar-refractivity contribution >= 4 is 23.9 Å². The Balaban J connectivity index is 1.51. The van der Waals surface area contributed by atoms with E-state index in [4.69, 9.17) is 18.9 Å². The Kier molecular flexibility index (Phi) is 15.2. The highest BCUT2D eigenvalue weighted by Crippen LogP contribution is 2.35. The molecule has 0 saturated carbocycles. The molecule has 0 radical (unpaired) electrons. The van der Waals surface area contributed by atoms with Gasteiger partial charge in [0.05, 0.1) is 37.6 Å². The minimum Gasteiger partial charge on any atom is -0.494 e. The van der Waals surface area contributed by atoms with E-state index in [1.54, 1.807) is 6.92 Å². The van der Waals surface area contributed by atoms with Crippen molar-refractivity contribution in [2.45, 2.75) is 46.0 Å². The number of hydrogen-bond acceptors (Lipinski definition) is 10. The van der Waals surface area contributed by atoms with Crippen LogP contribution < -0.4 is 18.9 Å². The van der Waals surface area contributed by atoms with Crippen LogP contribution in [-0.2, 0) is 19.1 Å². The Bertz CT molecular complexity index is 1710. The fourth-order valence-corrected chi connectivity index (χ4v) is 4.02. The maximum atomic E-state index is 14.8. The molecule has 0 unspecified atom stereocenters. The Morgan fingerprint density at radius 1 is 0.510 bits per heavy atom. The molecule has 14 heteroatoms. The lowest BCUT2D eigenvalue weighted by molar-refractivity contribution is -0.140. The summed E-state index contributed by atoms with van der Waals surface area (Å²) in [5.41, 5.74) is 0.146. The second kappa shape index (κ2) is 19.5. The lowest BCUT2D eigenvalue weighted by Gasteiger charge is -2.13. The average molecular weight is 717 g/mol. The van der Waals surface area contributed by atoms with Crippen LogP contribution in [0.2, 0.25) is 0 Å². The standard InChI is InChI=1S/C37H36F4O10/c1-22(2)34(42)48-19-8-6-5-7-18-46-26-14-10-24(11-15-26)36(44)50-32-28(38)30(40)33(31(41)29(32)39)51-37(45)25-12-16-27(17-13-25)47-20-9-21-49-35(43)23(3)4/h10-17H,1,3,5-9,18-21H2,2,4H3. The normalized spacial score (nSPS) is 10.5. The monoisotopic (exact) mass is 716 g/mol. The third-order valence-corrected chi connectivity index (χ3v) is 6.78. The fourth-order valence-electron chi connectivity index (χ4n) is 4.02. The van der Waals surface area contributed by atoms with Crippen molar-refractivity contribution < 1.29 is 65.2 Å². The summed E-state index contributed by atoms with van der Waals surface area (Å²) in [4.78, 5) is 47.7. The summed E-state index contributed by atoms with van der Waals surface area (Å²) in [6.45, 7) is 10.9. The summed E-state index contributed by atoms with van der Waals surface area (Å²) in [7, 11) is 0. The molecule has 272 valence electrons. The van der Waals surface area contributed by atoms with Crippen LogP contribution in [0.4, 0.5) is 17.6 Å². The van der Waals surface area contributed by atoms with Gasteiger partial charge in [-0.3, -0.25) is 0 Å². The molecule has 3 aromatic rings. The van der Waals surface area contributed by atoms with E-state index in [-0.39, 0.29) is 29.9 Å². The zero-order valence-corrected chi connectivity index (χ0v) is 28.0. The lowest BCUT2D eigenvalue weighted by atomic mass is 10.2. The van der Waals surface area contributed by atoms with Gasteiger partial charge in [-0.05, 0) is 88.1 Å². The van der Waals surface area contributed by atoms with Crippen molar-refractivity contribution in [1.29, 1.82) is 0 Å². The molecule has 10 nitrogen and oxygen atoms in total. The van der Waals surface area contributed by atoms with Gasteiger partial charge in [-0.1, -0.05) is 13.2 Å². The topological polar surface area (TPSA) is 124 Å². The predicted octanol–water partition coefficient (Wildman–Crippen LogP) is 7.63. The number of esters is 4. The zero-order chi connectivity index (χ0) is 37.5. The summed E-state index contributed by atoms with van der Waals surface area (Å²) in [6, 6.07) is 10.3. The molecule has 0 heterocycles. The molecular weight excluding hydrogens is 680 g/mol. The van der Waals surface area contributed by atoms with Gasteiger partial charge >= 0.3 is 23.9 Å². The van der Waals surface area contributed by atoms with Crippen LogP contribution in [0.1, 0.15) is 66.7 Å². The molecule has 3 aromatic carbocycles. The second-order valence-corrected chi connectivity index (χ2v) is 11.0. The third-order valence-electron chi connectivity index (χ3n) is 6.78. The van der Waals surface area contributed by atoms with Crippen LogP contribution in [0.25, 0.3) is 0 Å². The van der Waals surface area contributed by atoms with Gasteiger partial charge in [0.25, 0.3) is 0 Å². The number of carbonyl (C=O) groups excluding carboxylic acids is 4. The van der Waals surface area contributed by atoms with Gasteiger partial charge in [0.15, 0.2) is 0 Å². The molecule has 51 heavy (non-hydrogen) atoms. The molecule has 0 spiro atoms. The first kappa shape index (κ1) is 39.8. The average Bonchev–Trinajstić information content (AvgIpc) is 3.12. The van der Waals surface area contributed by atoms with E-state index in [0.29, 0.717) is 49.5 Å². The predicted molar refractivity (Wildman–Crippen MR) is 175 cm³/mol. The van der Waals surface area contributed by atoms with Gasteiger partial charge in [0, 0.05) is 17.6 Å². The Morgan fingerprint density at radius 2 is 0.843 bits per heavy atom. The van der Waals surface area contributed by atoms with E-state index >= 15 is 0 Å². The molecule has 0 fully saturated rings. The van der Waals surface area contributed by atoms with Gasteiger partial charge in [-0.15, -0.1) is 0 Å². The van der Waals surface area contributed by atoms with Gasteiger partial charge in [0.2, 0.25) is 34.8 Å². The first-order valence-electron chi connectivity index (χ1n) is 15.7. The largest absolute Gasteiger partial charge is 0.494 e. The van der Waals surface area contributed by atoms with Crippen LogP contribution in [0.5, 0.6) is 23.0 Å². The van der Waals surface area contributed by atoms with E-state index in [1.807, 2.05) is 0 Å². The maximum Gasteiger partial charge on any atom is 0.343 e. The first-order chi connectivity index (χ1) is 24.3. The second-order valence-electron chi connectivity index (χ2n) is 11.0. The smallest absolute Gasteiger partial charge is 0.343 e. The summed E-state index contributed by atoms with van der Waals surface area (Å²) < 4.78 is 89.4. The third kappa shape index (κ3) is 12.0. The number of rotatable bonds is 19. The van der Waals surface area contributed by atoms with Gasteiger partial charge in [-0.25, -0.2) is 19.2 Å². The number of hydrogen-bond donors (Lipinski definition) is 0. The maximum absolute atomic E-state index is 14.8. The molecule has 0 aliphatic carbocycles. The Morgan fingerprint density at radius 3 is 1.22 bits per heavy atom. The van der Waals surface area contributed by atoms with E-state index in [9.17, 15) is 36.7 Å². The van der Waals surface area contributed by atoms with Crippen molar-refractivity contribution in [1.82, 2.24) is 0 Å². The van der Waals surface area contributed by atoms with Crippen molar-refractivity contribution in [3.05, 3.63) is 107 Å². The number of carbonyl (C=O) groups is 4. The minimum absolute atomic E-state index is 0.0870. The van der Waals surface area contributed by atoms with E-state index in [0.717, 1.165) is 12.8 Å². The van der Waals surface area contributed by atoms with E-state index in [1.165, 1.54) is 55.5 Å². The molecule has 0 N–H and O–H groups in total. The molecule has 0 amide bonds. The number of ether oxygens (including phenoxy) is 6. The van der Waals surface area contributed by atoms with Gasteiger partial charge in [-0.2, -0.15) is 17.6 Å². The number of halogens is 4. The highest BCUT2D eigenvalue weighted by atomic mass is 19.2. The quantitative estimate of drug-likeness (QED) is 0.0306. The van der Waals surface area contributed by atoms with E-state index in [2.05, 4.69) is 22.6 Å². The summed E-state index contributed by atoms with van der Waals surface area (Å²) >= 11 is 0. The summed E-state index contributed by atoms with van der Waals surface area (Å²) in [5.74, 6) is -14.7. The molecule has 0 saturated heterocycles. The molecule has 0 aliphatic rings. The molecule has 0 aliphatic heterocycles. The minimum atomic E-state index is -2.10. The van der Waals surface area contributed by atoms with Crippen molar-refractivity contribution in [3.8, 4) is 23.0 Å². The van der Waals surface area contributed by atoms with Crippen LogP contribution in [0, 0.1) is 23.3 Å². The summed E-state index contributed by atoms with van der Waals surface area (Å²) in [5, 5.41) is 0. The van der Waals surface area contributed by atoms with Gasteiger partial charge in [0.1, 0.15) is 11.5 Å². The Hall–Kier alpha value is -5.66. The number of unbranched alkanes of at least 4 members (excludes halogenated alkanes) is 3. The summed E-state index contributed by atoms with van der Waals surface area (Å²) in [6.07, 6.45) is 3.34.